The third kappa shape index (κ3) is 4.23. The molecule has 6 nitrogen and oxygen atoms in total. The van der Waals surface area contributed by atoms with Gasteiger partial charge in [0.05, 0.1) is 30.3 Å². The second kappa shape index (κ2) is 8.22. The van der Waals surface area contributed by atoms with Crippen molar-refractivity contribution in [2.24, 2.45) is 5.10 Å². The van der Waals surface area contributed by atoms with Gasteiger partial charge in [0.1, 0.15) is 0 Å². The third-order valence-corrected chi connectivity index (χ3v) is 3.71. The molecule has 0 saturated carbocycles. The number of esters is 1. The van der Waals surface area contributed by atoms with Crippen LogP contribution >= 0.6 is 11.6 Å². The Morgan fingerprint density at radius 2 is 2.00 bits per heavy atom. The Hall–Kier alpha value is -3.25. The van der Waals surface area contributed by atoms with E-state index in [1.807, 2.05) is 18.2 Å². The summed E-state index contributed by atoms with van der Waals surface area (Å²) < 4.78 is 15.6. The lowest BCUT2D eigenvalue weighted by Crippen LogP contribution is -2.08. The number of nitrogens with one attached hydrogen (secondary N) is 1. The van der Waals surface area contributed by atoms with E-state index in [0.717, 1.165) is 5.56 Å². The summed E-state index contributed by atoms with van der Waals surface area (Å²) in [6, 6.07) is 15.5. The van der Waals surface area contributed by atoms with Gasteiger partial charge < -0.3 is 13.9 Å². The van der Waals surface area contributed by atoms with Crippen molar-refractivity contribution in [2.45, 2.75) is 0 Å². The van der Waals surface area contributed by atoms with E-state index in [1.165, 1.54) is 19.4 Å². The number of benzene rings is 2. The summed E-state index contributed by atoms with van der Waals surface area (Å²) >= 11 is 6.05. The molecule has 0 aliphatic rings. The average molecular weight is 371 g/mol. The molecule has 0 saturated heterocycles. The zero-order chi connectivity index (χ0) is 18.4. The largest absolute Gasteiger partial charge is 0.493 e. The SMILES string of the molecule is COc1cc(C=NNc2ccccc2Cl)ccc1OC(=O)c1ccco1. The molecule has 132 valence electrons. The molecular weight excluding hydrogens is 356 g/mol. The maximum Gasteiger partial charge on any atom is 0.379 e. The zero-order valence-corrected chi connectivity index (χ0v) is 14.6. The van der Waals surface area contributed by atoms with Crippen LogP contribution in [0.15, 0.2) is 70.4 Å². The first-order valence-corrected chi connectivity index (χ1v) is 8.02. The monoisotopic (exact) mass is 370 g/mol. The van der Waals surface area contributed by atoms with E-state index >= 15 is 0 Å². The van der Waals surface area contributed by atoms with Gasteiger partial charge in [-0.15, -0.1) is 0 Å². The Balaban J connectivity index is 1.71. The van der Waals surface area contributed by atoms with Gasteiger partial charge in [0.25, 0.3) is 0 Å². The predicted octanol–water partition coefficient (Wildman–Crippen LogP) is 4.61. The Bertz CT molecular complexity index is 923. The molecular formula is C19H15ClN2O4. The number of hydrogen-bond acceptors (Lipinski definition) is 6. The molecule has 1 heterocycles. The van der Waals surface area contributed by atoms with Crippen molar-refractivity contribution < 1.29 is 18.7 Å². The van der Waals surface area contributed by atoms with E-state index in [0.29, 0.717) is 16.5 Å². The topological polar surface area (TPSA) is 73.1 Å². The molecule has 1 N–H and O–H groups in total. The van der Waals surface area contributed by atoms with E-state index < -0.39 is 5.97 Å². The number of halogens is 1. The van der Waals surface area contributed by atoms with Gasteiger partial charge in [0, 0.05) is 0 Å². The molecule has 26 heavy (non-hydrogen) atoms. The van der Waals surface area contributed by atoms with Gasteiger partial charge in [-0.1, -0.05) is 23.7 Å². The average Bonchev–Trinajstić information content (AvgIpc) is 3.19. The van der Waals surface area contributed by atoms with Crippen LogP contribution in [0.3, 0.4) is 0 Å². The molecule has 1 aromatic heterocycles. The highest BCUT2D eigenvalue weighted by molar-refractivity contribution is 6.33. The number of para-hydroxylation sites is 1. The van der Waals surface area contributed by atoms with E-state index in [2.05, 4.69) is 10.5 Å². The number of nitrogens with zero attached hydrogens (tertiary/aromatic N) is 1. The number of ether oxygens (including phenoxy) is 2. The summed E-state index contributed by atoms with van der Waals surface area (Å²) in [7, 11) is 1.49. The fourth-order valence-electron chi connectivity index (χ4n) is 2.12. The number of carbonyl (C=O) groups excluding carboxylic acids is 1. The van der Waals surface area contributed by atoms with Crippen molar-refractivity contribution in [3.05, 3.63) is 77.2 Å². The molecule has 0 amide bonds. The number of hydrogen-bond donors (Lipinski definition) is 1. The van der Waals surface area contributed by atoms with Crippen molar-refractivity contribution >= 4 is 29.5 Å². The van der Waals surface area contributed by atoms with E-state index in [1.54, 1.807) is 36.5 Å². The molecule has 0 atom stereocenters. The first-order chi connectivity index (χ1) is 12.7. The Morgan fingerprint density at radius 1 is 1.15 bits per heavy atom. The van der Waals surface area contributed by atoms with Crippen LogP contribution < -0.4 is 14.9 Å². The molecule has 2 aromatic carbocycles. The quantitative estimate of drug-likeness (QED) is 0.297. The van der Waals surface area contributed by atoms with Gasteiger partial charge in [-0.3, -0.25) is 5.43 Å². The van der Waals surface area contributed by atoms with Crippen LogP contribution in [0.25, 0.3) is 0 Å². The smallest absolute Gasteiger partial charge is 0.379 e. The van der Waals surface area contributed by atoms with Gasteiger partial charge in [-0.2, -0.15) is 5.10 Å². The highest BCUT2D eigenvalue weighted by Gasteiger charge is 2.14. The molecule has 0 spiro atoms. The zero-order valence-electron chi connectivity index (χ0n) is 13.8. The third-order valence-electron chi connectivity index (χ3n) is 3.39. The second-order valence-electron chi connectivity index (χ2n) is 5.13. The Kier molecular flexibility index (Phi) is 5.56. The fourth-order valence-corrected chi connectivity index (χ4v) is 2.30. The van der Waals surface area contributed by atoms with Crippen LogP contribution in [0.5, 0.6) is 11.5 Å². The lowest BCUT2D eigenvalue weighted by molar-refractivity contribution is 0.0696. The van der Waals surface area contributed by atoms with Crippen molar-refractivity contribution in [2.75, 3.05) is 12.5 Å². The van der Waals surface area contributed by atoms with Gasteiger partial charge in [-0.05, 0) is 48.0 Å². The van der Waals surface area contributed by atoms with Crippen molar-refractivity contribution in [3.8, 4) is 11.5 Å². The van der Waals surface area contributed by atoms with E-state index in [9.17, 15) is 4.79 Å². The lowest BCUT2D eigenvalue weighted by Gasteiger charge is -2.09. The van der Waals surface area contributed by atoms with Gasteiger partial charge >= 0.3 is 5.97 Å². The summed E-state index contributed by atoms with van der Waals surface area (Å²) in [4.78, 5) is 12.0. The first kappa shape index (κ1) is 17.6. The Labute approximate surface area is 155 Å². The Morgan fingerprint density at radius 3 is 2.73 bits per heavy atom. The van der Waals surface area contributed by atoms with Crippen molar-refractivity contribution in [1.29, 1.82) is 0 Å². The van der Waals surface area contributed by atoms with Crippen LogP contribution in [-0.4, -0.2) is 19.3 Å². The number of rotatable bonds is 6. The first-order valence-electron chi connectivity index (χ1n) is 7.64. The van der Waals surface area contributed by atoms with Gasteiger partial charge in [0.2, 0.25) is 5.76 Å². The summed E-state index contributed by atoms with van der Waals surface area (Å²) in [5.41, 5.74) is 4.31. The minimum Gasteiger partial charge on any atom is -0.493 e. The van der Waals surface area contributed by atoms with Crippen LogP contribution in [0.4, 0.5) is 5.69 Å². The van der Waals surface area contributed by atoms with Crippen molar-refractivity contribution in [3.63, 3.8) is 0 Å². The fraction of sp³-hybridized carbons (Fsp3) is 0.0526. The molecule has 0 radical (unpaired) electrons. The van der Waals surface area contributed by atoms with Gasteiger partial charge in [0.15, 0.2) is 11.5 Å². The maximum atomic E-state index is 12.0. The normalized spacial score (nSPS) is 10.7. The molecule has 3 rings (SSSR count). The van der Waals surface area contributed by atoms with E-state index in [-0.39, 0.29) is 11.5 Å². The minimum atomic E-state index is -0.602. The lowest BCUT2D eigenvalue weighted by atomic mass is 10.2. The molecule has 0 bridgehead atoms. The standard InChI is InChI=1S/C19H15ClN2O4/c1-24-18-11-13(12-21-22-15-6-3-2-5-14(15)20)8-9-16(18)26-19(23)17-7-4-10-25-17/h2-12,22H,1H3. The summed E-state index contributed by atoms with van der Waals surface area (Å²) in [6.07, 6.45) is 3.00. The highest BCUT2D eigenvalue weighted by atomic mass is 35.5. The number of furan rings is 1. The molecule has 0 unspecified atom stereocenters. The van der Waals surface area contributed by atoms with E-state index in [4.69, 9.17) is 25.5 Å². The van der Waals surface area contributed by atoms with Crippen molar-refractivity contribution in [1.82, 2.24) is 0 Å². The predicted molar refractivity (Wildman–Crippen MR) is 99.3 cm³/mol. The molecule has 0 fully saturated rings. The summed E-state index contributed by atoms with van der Waals surface area (Å²) in [5.74, 6) is 0.188. The highest BCUT2D eigenvalue weighted by Crippen LogP contribution is 2.28. The molecule has 3 aromatic rings. The molecule has 0 aliphatic carbocycles. The van der Waals surface area contributed by atoms with Gasteiger partial charge in [-0.25, -0.2) is 4.79 Å². The van der Waals surface area contributed by atoms with Crippen LogP contribution in [0.1, 0.15) is 16.1 Å². The summed E-state index contributed by atoms with van der Waals surface area (Å²) in [5, 5.41) is 4.71. The van der Waals surface area contributed by atoms with Crippen LogP contribution in [-0.2, 0) is 0 Å². The number of hydrazone groups is 1. The maximum absolute atomic E-state index is 12.0. The number of methoxy groups -OCH3 is 1. The minimum absolute atomic E-state index is 0.113. The number of carbonyl (C=O) groups is 1. The second-order valence-corrected chi connectivity index (χ2v) is 5.53. The van der Waals surface area contributed by atoms with Crippen LogP contribution in [0, 0.1) is 0 Å². The number of anilines is 1. The molecule has 0 aliphatic heterocycles. The summed E-state index contributed by atoms with van der Waals surface area (Å²) in [6.45, 7) is 0. The molecule has 7 heteroatoms. The van der Waals surface area contributed by atoms with Crippen LogP contribution in [0.2, 0.25) is 5.02 Å².